The van der Waals surface area contributed by atoms with Crippen LogP contribution in [0.5, 0.6) is 11.5 Å². The molecule has 5 nitrogen and oxygen atoms in total. The quantitative estimate of drug-likeness (QED) is 0.670. The van der Waals surface area contributed by atoms with Crippen molar-refractivity contribution >= 4 is 5.91 Å². The Morgan fingerprint density at radius 1 is 1.13 bits per heavy atom. The summed E-state index contributed by atoms with van der Waals surface area (Å²) in [5.74, 6) is 1.16. The highest BCUT2D eigenvalue weighted by Crippen LogP contribution is 2.30. The lowest BCUT2D eigenvalue weighted by atomic mass is 10.1. The van der Waals surface area contributed by atoms with Crippen molar-refractivity contribution in [1.82, 2.24) is 5.32 Å². The molecule has 1 unspecified atom stereocenters. The summed E-state index contributed by atoms with van der Waals surface area (Å²) < 4.78 is 17.1. The van der Waals surface area contributed by atoms with E-state index in [9.17, 15) is 4.79 Å². The molecule has 1 aromatic carbocycles. The van der Waals surface area contributed by atoms with Gasteiger partial charge in [-0.3, -0.25) is 4.79 Å². The molecule has 5 heteroatoms. The first-order chi connectivity index (χ1) is 11.3. The van der Waals surface area contributed by atoms with Crippen LogP contribution in [0, 0.1) is 0 Å². The zero-order chi connectivity index (χ0) is 15.9. The maximum Gasteiger partial charge on any atom is 0.264 e. The second-order valence-electron chi connectivity index (χ2n) is 6.14. The Balaban J connectivity index is 1.37. The molecule has 0 aromatic heterocycles. The standard InChI is InChI=1S/C18H25NO4/c20-18(17-13-22-15-9-5-6-10-16(15)23-17)19-11-12-21-14-7-3-1-2-4-8-14/h5-6,9-10,14,17H,1-4,7-8,11-13H2,(H,19,20). The Morgan fingerprint density at radius 2 is 1.87 bits per heavy atom. The summed E-state index contributed by atoms with van der Waals surface area (Å²) in [4.78, 5) is 12.1. The van der Waals surface area contributed by atoms with Crippen molar-refractivity contribution < 1.29 is 19.0 Å². The Kier molecular flexibility index (Phi) is 5.75. The maximum atomic E-state index is 12.1. The largest absolute Gasteiger partial charge is 0.485 e. The average molecular weight is 319 g/mol. The summed E-state index contributed by atoms with van der Waals surface area (Å²) in [6.45, 7) is 1.31. The van der Waals surface area contributed by atoms with Gasteiger partial charge in [-0.1, -0.05) is 37.8 Å². The van der Waals surface area contributed by atoms with E-state index >= 15 is 0 Å². The molecule has 1 fully saturated rings. The van der Waals surface area contributed by atoms with E-state index in [1.807, 2.05) is 24.3 Å². The highest BCUT2D eigenvalue weighted by molar-refractivity contribution is 5.81. The van der Waals surface area contributed by atoms with Crippen LogP contribution < -0.4 is 14.8 Å². The van der Waals surface area contributed by atoms with Gasteiger partial charge in [0.1, 0.15) is 6.61 Å². The zero-order valence-corrected chi connectivity index (χ0v) is 13.5. The van der Waals surface area contributed by atoms with Gasteiger partial charge < -0.3 is 19.5 Å². The third kappa shape index (κ3) is 4.61. The molecule has 1 heterocycles. The molecule has 1 saturated carbocycles. The summed E-state index contributed by atoms with van der Waals surface area (Å²) in [6, 6.07) is 7.39. The number of fused-ring (bicyclic) bond motifs is 1. The monoisotopic (exact) mass is 319 g/mol. The molecule has 0 spiro atoms. The number of nitrogens with one attached hydrogen (secondary N) is 1. The lowest BCUT2D eigenvalue weighted by molar-refractivity contribution is -0.130. The van der Waals surface area contributed by atoms with Gasteiger partial charge in [0, 0.05) is 6.54 Å². The van der Waals surface area contributed by atoms with Crippen molar-refractivity contribution in [3.63, 3.8) is 0 Å². The molecule has 23 heavy (non-hydrogen) atoms. The predicted octanol–water partition coefficient (Wildman–Crippen LogP) is 2.68. The van der Waals surface area contributed by atoms with E-state index in [1.54, 1.807) is 0 Å². The lowest BCUT2D eigenvalue weighted by Crippen LogP contribution is -2.45. The molecule has 1 aromatic rings. The molecular weight excluding hydrogens is 294 g/mol. The van der Waals surface area contributed by atoms with Crippen molar-refractivity contribution in [3.8, 4) is 11.5 Å². The molecule has 126 valence electrons. The van der Waals surface area contributed by atoms with Crippen molar-refractivity contribution in [2.75, 3.05) is 19.8 Å². The topological polar surface area (TPSA) is 56.8 Å². The summed E-state index contributed by atoms with van der Waals surface area (Å²) in [7, 11) is 0. The van der Waals surface area contributed by atoms with Crippen LogP contribution in [-0.4, -0.2) is 37.9 Å². The van der Waals surface area contributed by atoms with Gasteiger partial charge in [0.25, 0.3) is 5.91 Å². The summed E-state index contributed by atoms with van der Waals surface area (Å²) in [5.41, 5.74) is 0. The maximum absolute atomic E-state index is 12.1. The fraction of sp³-hybridized carbons (Fsp3) is 0.611. The van der Waals surface area contributed by atoms with Crippen molar-refractivity contribution in [1.29, 1.82) is 0 Å². The summed E-state index contributed by atoms with van der Waals surface area (Å²) >= 11 is 0. The first-order valence-corrected chi connectivity index (χ1v) is 8.61. The third-order valence-corrected chi connectivity index (χ3v) is 4.36. The molecule has 1 aliphatic heterocycles. The molecule has 1 N–H and O–H groups in total. The number of hydrogen-bond acceptors (Lipinski definition) is 4. The Hall–Kier alpha value is -1.75. The fourth-order valence-electron chi connectivity index (χ4n) is 3.07. The van der Waals surface area contributed by atoms with Crippen LogP contribution in [0.3, 0.4) is 0 Å². The van der Waals surface area contributed by atoms with Gasteiger partial charge in [-0.05, 0) is 25.0 Å². The third-order valence-electron chi connectivity index (χ3n) is 4.36. The van der Waals surface area contributed by atoms with E-state index in [-0.39, 0.29) is 12.5 Å². The van der Waals surface area contributed by atoms with Crippen LogP contribution in [0.1, 0.15) is 38.5 Å². The van der Waals surface area contributed by atoms with E-state index in [2.05, 4.69) is 5.32 Å². The number of rotatable bonds is 5. The molecule has 0 saturated heterocycles. The van der Waals surface area contributed by atoms with Gasteiger partial charge >= 0.3 is 0 Å². The van der Waals surface area contributed by atoms with Gasteiger partial charge in [0.15, 0.2) is 11.5 Å². The minimum Gasteiger partial charge on any atom is -0.485 e. The van der Waals surface area contributed by atoms with Gasteiger partial charge in [-0.15, -0.1) is 0 Å². The number of carbonyl (C=O) groups is 1. The molecule has 1 atom stereocenters. The Morgan fingerprint density at radius 3 is 2.65 bits per heavy atom. The minimum atomic E-state index is -0.595. The van der Waals surface area contributed by atoms with Gasteiger partial charge in [-0.2, -0.15) is 0 Å². The first-order valence-electron chi connectivity index (χ1n) is 8.61. The summed E-state index contributed by atoms with van der Waals surface area (Å²) in [6.07, 6.45) is 7.19. The molecule has 3 rings (SSSR count). The highest BCUT2D eigenvalue weighted by atomic mass is 16.6. The molecular formula is C18H25NO4. The Labute approximate surface area is 137 Å². The van der Waals surface area contributed by atoms with Crippen LogP contribution in [0.25, 0.3) is 0 Å². The molecule has 1 aliphatic carbocycles. The average Bonchev–Trinajstić information content (AvgIpc) is 2.87. The van der Waals surface area contributed by atoms with Gasteiger partial charge in [0.2, 0.25) is 6.10 Å². The zero-order valence-electron chi connectivity index (χ0n) is 13.5. The highest BCUT2D eigenvalue weighted by Gasteiger charge is 2.26. The minimum absolute atomic E-state index is 0.149. The number of amides is 1. The van der Waals surface area contributed by atoms with Crippen LogP contribution in [0.15, 0.2) is 24.3 Å². The SMILES string of the molecule is O=C(NCCOC1CCCCCC1)C1COc2ccccc2O1. The fourth-order valence-corrected chi connectivity index (χ4v) is 3.07. The summed E-state index contributed by atoms with van der Waals surface area (Å²) in [5, 5.41) is 2.87. The first kappa shape index (κ1) is 16.1. The van der Waals surface area contributed by atoms with Crippen molar-refractivity contribution in [2.24, 2.45) is 0 Å². The number of ether oxygens (including phenoxy) is 3. The van der Waals surface area contributed by atoms with E-state index < -0.39 is 6.10 Å². The van der Waals surface area contributed by atoms with Crippen LogP contribution >= 0.6 is 0 Å². The number of hydrogen-bond donors (Lipinski definition) is 1. The van der Waals surface area contributed by atoms with Gasteiger partial charge in [0.05, 0.1) is 12.7 Å². The second-order valence-corrected chi connectivity index (χ2v) is 6.14. The van der Waals surface area contributed by atoms with E-state index in [0.717, 1.165) is 12.8 Å². The molecule has 0 bridgehead atoms. The predicted molar refractivity (Wildman–Crippen MR) is 86.8 cm³/mol. The molecule has 0 radical (unpaired) electrons. The van der Waals surface area contributed by atoms with E-state index in [4.69, 9.17) is 14.2 Å². The van der Waals surface area contributed by atoms with E-state index in [0.29, 0.717) is 30.8 Å². The number of para-hydroxylation sites is 2. The smallest absolute Gasteiger partial charge is 0.264 e. The van der Waals surface area contributed by atoms with Crippen LogP contribution in [0.4, 0.5) is 0 Å². The van der Waals surface area contributed by atoms with Crippen molar-refractivity contribution in [2.45, 2.75) is 50.7 Å². The van der Waals surface area contributed by atoms with Crippen LogP contribution in [-0.2, 0) is 9.53 Å². The van der Waals surface area contributed by atoms with Gasteiger partial charge in [-0.25, -0.2) is 0 Å². The normalized spacial score (nSPS) is 21.5. The van der Waals surface area contributed by atoms with Crippen molar-refractivity contribution in [3.05, 3.63) is 24.3 Å². The number of carbonyl (C=O) groups excluding carboxylic acids is 1. The molecule has 2 aliphatic rings. The molecule has 1 amide bonds. The number of benzene rings is 1. The Bertz CT molecular complexity index is 511. The van der Waals surface area contributed by atoms with E-state index in [1.165, 1.54) is 25.7 Å². The second kappa shape index (κ2) is 8.20. The van der Waals surface area contributed by atoms with Crippen LogP contribution in [0.2, 0.25) is 0 Å². The lowest BCUT2D eigenvalue weighted by Gasteiger charge is -2.25.